The SMILES string of the molecule is O=C(Nc1ccc(S(=O)(=O)Nc2ccccc2Cl)cc1)/C(=C/c1cccc([N+](=O)[O-])c1)c1ccccc1. The molecule has 0 saturated carbocycles. The number of nitrogens with zero attached hydrogens (tertiary/aromatic N) is 1. The second-order valence-electron chi connectivity index (χ2n) is 7.84. The van der Waals surface area contributed by atoms with Crippen molar-refractivity contribution in [3.63, 3.8) is 0 Å². The Morgan fingerprint density at radius 1 is 0.865 bits per heavy atom. The number of para-hydroxylation sites is 1. The summed E-state index contributed by atoms with van der Waals surface area (Å²) in [7, 11) is -3.91. The lowest BCUT2D eigenvalue weighted by molar-refractivity contribution is -0.384. The van der Waals surface area contributed by atoms with Crippen LogP contribution in [0.3, 0.4) is 0 Å². The molecule has 0 saturated heterocycles. The molecular formula is C27H20ClN3O5S. The first kappa shape index (κ1) is 25.6. The van der Waals surface area contributed by atoms with Gasteiger partial charge >= 0.3 is 0 Å². The number of carbonyl (C=O) groups excluding carboxylic acids is 1. The number of anilines is 2. The average molecular weight is 534 g/mol. The lowest BCUT2D eigenvalue weighted by atomic mass is 10.0. The molecule has 0 spiro atoms. The van der Waals surface area contributed by atoms with Gasteiger partial charge in [0.05, 0.1) is 20.5 Å². The van der Waals surface area contributed by atoms with Crippen molar-refractivity contribution in [1.82, 2.24) is 0 Å². The van der Waals surface area contributed by atoms with Crippen LogP contribution in [0.1, 0.15) is 11.1 Å². The first-order valence-electron chi connectivity index (χ1n) is 10.9. The molecule has 0 aromatic heterocycles. The van der Waals surface area contributed by atoms with Crippen LogP contribution >= 0.6 is 11.6 Å². The highest BCUT2D eigenvalue weighted by atomic mass is 35.5. The van der Waals surface area contributed by atoms with Crippen LogP contribution in [-0.4, -0.2) is 19.2 Å². The fourth-order valence-corrected chi connectivity index (χ4v) is 4.77. The molecule has 4 aromatic carbocycles. The van der Waals surface area contributed by atoms with E-state index in [1.807, 2.05) is 6.07 Å². The molecule has 1 amide bonds. The highest BCUT2D eigenvalue weighted by molar-refractivity contribution is 7.92. The molecule has 0 radical (unpaired) electrons. The standard InChI is InChI=1S/C27H20ClN3O5S/c28-25-11-4-5-12-26(25)30-37(35,36)23-15-13-21(14-16-23)29-27(32)24(20-8-2-1-3-9-20)18-19-7-6-10-22(17-19)31(33)34/h1-18,30H,(H,29,32)/b24-18+. The molecule has 8 nitrogen and oxygen atoms in total. The molecule has 0 bridgehead atoms. The van der Waals surface area contributed by atoms with Gasteiger partial charge < -0.3 is 5.32 Å². The van der Waals surface area contributed by atoms with E-state index in [1.54, 1.807) is 66.7 Å². The van der Waals surface area contributed by atoms with Crippen molar-refractivity contribution in [3.05, 3.63) is 129 Å². The Bertz CT molecular complexity index is 1590. The van der Waals surface area contributed by atoms with E-state index in [9.17, 15) is 23.3 Å². The number of nitro benzene ring substituents is 1. The zero-order chi connectivity index (χ0) is 26.4. The Morgan fingerprint density at radius 3 is 2.22 bits per heavy atom. The third-order valence-electron chi connectivity index (χ3n) is 5.26. The minimum absolute atomic E-state index is 0.0131. The molecule has 0 aliphatic carbocycles. The van der Waals surface area contributed by atoms with Crippen LogP contribution < -0.4 is 10.0 Å². The normalized spacial score (nSPS) is 11.5. The van der Waals surface area contributed by atoms with E-state index >= 15 is 0 Å². The fraction of sp³-hybridized carbons (Fsp3) is 0. The minimum atomic E-state index is -3.91. The number of halogens is 1. The second-order valence-corrected chi connectivity index (χ2v) is 9.93. The molecule has 0 fully saturated rings. The van der Waals surface area contributed by atoms with Crippen LogP contribution in [0, 0.1) is 10.1 Å². The number of rotatable bonds is 8. The maximum absolute atomic E-state index is 13.2. The van der Waals surface area contributed by atoms with Crippen LogP contribution in [0.2, 0.25) is 5.02 Å². The zero-order valence-electron chi connectivity index (χ0n) is 19.2. The second kappa shape index (κ2) is 11.1. The van der Waals surface area contributed by atoms with Gasteiger partial charge in [-0.25, -0.2) is 8.42 Å². The summed E-state index contributed by atoms with van der Waals surface area (Å²) in [6, 6.07) is 26.9. The van der Waals surface area contributed by atoms with Gasteiger partial charge in [0.25, 0.3) is 21.6 Å². The van der Waals surface area contributed by atoms with Gasteiger partial charge in [-0.1, -0.05) is 66.2 Å². The van der Waals surface area contributed by atoms with E-state index < -0.39 is 20.9 Å². The van der Waals surface area contributed by atoms with Crippen molar-refractivity contribution in [2.75, 3.05) is 10.0 Å². The van der Waals surface area contributed by atoms with Crippen molar-refractivity contribution in [2.45, 2.75) is 4.90 Å². The molecule has 0 aliphatic heterocycles. The molecule has 2 N–H and O–H groups in total. The lowest BCUT2D eigenvalue weighted by Crippen LogP contribution is -2.15. The molecule has 0 heterocycles. The van der Waals surface area contributed by atoms with Gasteiger partial charge in [-0.2, -0.15) is 0 Å². The van der Waals surface area contributed by atoms with Crippen LogP contribution in [0.15, 0.2) is 108 Å². The third-order valence-corrected chi connectivity index (χ3v) is 6.97. The Hall–Kier alpha value is -4.47. The molecule has 37 heavy (non-hydrogen) atoms. The average Bonchev–Trinajstić information content (AvgIpc) is 2.89. The molecule has 0 atom stereocenters. The predicted molar refractivity (Wildman–Crippen MR) is 145 cm³/mol. The Morgan fingerprint density at radius 2 is 1.54 bits per heavy atom. The Kier molecular flexibility index (Phi) is 7.66. The topological polar surface area (TPSA) is 118 Å². The highest BCUT2D eigenvalue weighted by Crippen LogP contribution is 2.26. The molecule has 4 aromatic rings. The van der Waals surface area contributed by atoms with Gasteiger partial charge in [0.2, 0.25) is 0 Å². The number of nitrogens with one attached hydrogen (secondary N) is 2. The Labute approximate surface area is 218 Å². The summed E-state index contributed by atoms with van der Waals surface area (Å²) < 4.78 is 27.9. The monoisotopic (exact) mass is 533 g/mol. The van der Waals surface area contributed by atoms with Crippen molar-refractivity contribution in [3.8, 4) is 0 Å². The summed E-state index contributed by atoms with van der Waals surface area (Å²) in [6.07, 6.45) is 1.56. The summed E-state index contributed by atoms with van der Waals surface area (Å²) >= 11 is 6.05. The molecular weight excluding hydrogens is 514 g/mol. The number of non-ortho nitro benzene ring substituents is 1. The fourth-order valence-electron chi connectivity index (χ4n) is 3.46. The summed E-state index contributed by atoms with van der Waals surface area (Å²) in [5.41, 5.74) is 1.88. The van der Waals surface area contributed by atoms with E-state index in [-0.39, 0.29) is 26.9 Å². The summed E-state index contributed by atoms with van der Waals surface area (Å²) in [4.78, 5) is 23.9. The summed E-state index contributed by atoms with van der Waals surface area (Å²) in [5.74, 6) is -0.470. The number of benzene rings is 4. The molecule has 0 aliphatic rings. The van der Waals surface area contributed by atoms with Crippen molar-refractivity contribution >= 4 is 56.2 Å². The van der Waals surface area contributed by atoms with E-state index in [2.05, 4.69) is 10.0 Å². The molecule has 0 unspecified atom stereocenters. The first-order valence-corrected chi connectivity index (χ1v) is 12.8. The quantitative estimate of drug-likeness (QED) is 0.120. The molecule has 4 rings (SSSR count). The van der Waals surface area contributed by atoms with Gasteiger partial charge in [0.15, 0.2) is 0 Å². The number of amides is 1. The molecule has 10 heteroatoms. The lowest BCUT2D eigenvalue weighted by Gasteiger charge is -2.12. The van der Waals surface area contributed by atoms with Crippen LogP contribution in [0.25, 0.3) is 11.6 Å². The number of hydrogen-bond acceptors (Lipinski definition) is 5. The number of hydrogen-bond donors (Lipinski definition) is 2. The third kappa shape index (κ3) is 6.40. The zero-order valence-corrected chi connectivity index (χ0v) is 20.7. The van der Waals surface area contributed by atoms with Gasteiger partial charge in [-0.3, -0.25) is 19.6 Å². The smallest absolute Gasteiger partial charge is 0.270 e. The van der Waals surface area contributed by atoms with Gasteiger partial charge in [0.1, 0.15) is 0 Å². The van der Waals surface area contributed by atoms with E-state index in [0.29, 0.717) is 16.8 Å². The van der Waals surface area contributed by atoms with E-state index in [4.69, 9.17) is 11.6 Å². The maximum Gasteiger partial charge on any atom is 0.270 e. The van der Waals surface area contributed by atoms with Gasteiger partial charge in [-0.15, -0.1) is 0 Å². The van der Waals surface area contributed by atoms with Crippen LogP contribution in [-0.2, 0) is 14.8 Å². The van der Waals surface area contributed by atoms with Gasteiger partial charge in [0, 0.05) is 23.4 Å². The van der Waals surface area contributed by atoms with Crippen LogP contribution in [0.4, 0.5) is 17.1 Å². The van der Waals surface area contributed by atoms with E-state index in [0.717, 1.165) is 0 Å². The predicted octanol–water partition coefficient (Wildman–Crippen LogP) is 6.23. The van der Waals surface area contributed by atoms with Crippen LogP contribution in [0.5, 0.6) is 0 Å². The molecule has 186 valence electrons. The summed E-state index contributed by atoms with van der Waals surface area (Å²) in [6.45, 7) is 0. The maximum atomic E-state index is 13.2. The largest absolute Gasteiger partial charge is 0.322 e. The number of nitro groups is 1. The van der Waals surface area contributed by atoms with Crippen molar-refractivity contribution < 1.29 is 18.1 Å². The van der Waals surface area contributed by atoms with E-state index in [1.165, 1.54) is 36.4 Å². The van der Waals surface area contributed by atoms with Crippen molar-refractivity contribution in [2.24, 2.45) is 0 Å². The Balaban J connectivity index is 1.58. The van der Waals surface area contributed by atoms with Gasteiger partial charge in [-0.05, 0) is 53.6 Å². The van der Waals surface area contributed by atoms with Crippen molar-refractivity contribution in [1.29, 1.82) is 0 Å². The highest BCUT2D eigenvalue weighted by Gasteiger charge is 2.17. The number of carbonyl (C=O) groups is 1. The minimum Gasteiger partial charge on any atom is -0.322 e. The first-order chi connectivity index (χ1) is 17.7. The summed E-state index contributed by atoms with van der Waals surface area (Å²) in [5, 5.41) is 14.2. The number of sulfonamides is 1.